The van der Waals surface area contributed by atoms with Crippen LogP contribution in [0, 0.1) is 0 Å². The van der Waals surface area contributed by atoms with Crippen LogP contribution in [0.3, 0.4) is 0 Å². The van der Waals surface area contributed by atoms with E-state index in [4.69, 9.17) is 9.47 Å². The molecule has 8 nitrogen and oxygen atoms in total. The van der Waals surface area contributed by atoms with E-state index in [9.17, 15) is 9.59 Å². The lowest BCUT2D eigenvalue weighted by molar-refractivity contribution is -0.119. The number of H-pyrrole nitrogens is 1. The number of carbonyl (C=O) groups is 1. The van der Waals surface area contributed by atoms with Crippen LogP contribution in [-0.2, 0) is 4.79 Å². The number of fused-ring (bicyclic) bond motifs is 1. The van der Waals surface area contributed by atoms with Gasteiger partial charge in [-0.05, 0) is 37.1 Å². The lowest BCUT2D eigenvalue weighted by Gasteiger charge is -2.33. The molecule has 31 heavy (non-hydrogen) atoms. The zero-order valence-corrected chi connectivity index (χ0v) is 17.9. The summed E-state index contributed by atoms with van der Waals surface area (Å²) in [7, 11) is 3.08. The van der Waals surface area contributed by atoms with Gasteiger partial charge in [0.05, 0.1) is 19.7 Å². The van der Waals surface area contributed by atoms with Crippen molar-refractivity contribution in [2.75, 3.05) is 32.2 Å². The highest BCUT2D eigenvalue weighted by atomic mass is 16.5. The van der Waals surface area contributed by atoms with Gasteiger partial charge in [0, 0.05) is 49.4 Å². The second kappa shape index (κ2) is 8.67. The van der Waals surface area contributed by atoms with E-state index in [1.807, 2.05) is 24.3 Å². The number of aromatic amines is 1. The lowest BCUT2D eigenvalue weighted by atomic mass is 10.0. The van der Waals surface area contributed by atoms with Crippen LogP contribution in [0.15, 0.2) is 41.2 Å². The Bertz CT molecular complexity index is 1150. The van der Waals surface area contributed by atoms with Gasteiger partial charge < -0.3 is 24.7 Å². The molecule has 1 fully saturated rings. The van der Waals surface area contributed by atoms with Crippen molar-refractivity contribution in [3.63, 3.8) is 0 Å². The molecule has 0 spiro atoms. The van der Waals surface area contributed by atoms with Crippen molar-refractivity contribution in [1.82, 2.24) is 15.3 Å². The van der Waals surface area contributed by atoms with Crippen molar-refractivity contribution >= 4 is 22.5 Å². The van der Waals surface area contributed by atoms with Gasteiger partial charge in [-0.3, -0.25) is 9.59 Å². The van der Waals surface area contributed by atoms with Crippen LogP contribution in [0.2, 0.25) is 0 Å². The molecule has 1 amide bonds. The largest absolute Gasteiger partial charge is 0.497 e. The molecule has 4 rings (SSSR count). The van der Waals surface area contributed by atoms with Gasteiger partial charge in [0.25, 0.3) is 5.56 Å². The highest BCUT2D eigenvalue weighted by Crippen LogP contribution is 2.29. The van der Waals surface area contributed by atoms with Crippen LogP contribution in [0.4, 0.5) is 5.69 Å². The standard InChI is InChI=1S/C23H26N4O4/c1-14(28)24-16-8-10-27(11-9-16)17-6-4-15(5-7-17)22-25-19-12-18(30-2)13-20(31-3)21(19)23(29)26-22/h4-7,12-13,16H,8-11H2,1-3H3,(H,24,28)(H,25,26,29). The number of nitrogens with zero attached hydrogens (tertiary/aromatic N) is 2. The van der Waals surface area contributed by atoms with Gasteiger partial charge >= 0.3 is 0 Å². The summed E-state index contributed by atoms with van der Waals surface area (Å²) in [5, 5.41) is 3.39. The van der Waals surface area contributed by atoms with E-state index in [1.54, 1.807) is 26.2 Å². The predicted octanol–water partition coefficient (Wildman–Crippen LogP) is 2.71. The first-order valence-electron chi connectivity index (χ1n) is 10.3. The normalized spacial score (nSPS) is 14.5. The zero-order valence-electron chi connectivity index (χ0n) is 17.9. The summed E-state index contributed by atoms with van der Waals surface area (Å²) in [5.41, 5.74) is 2.18. The third kappa shape index (κ3) is 4.33. The number of nitrogens with one attached hydrogen (secondary N) is 2. The number of hydrogen-bond acceptors (Lipinski definition) is 6. The number of methoxy groups -OCH3 is 2. The van der Waals surface area contributed by atoms with Crippen molar-refractivity contribution in [3.05, 3.63) is 46.8 Å². The Balaban J connectivity index is 1.58. The minimum atomic E-state index is -0.261. The third-order valence-corrected chi connectivity index (χ3v) is 5.61. The highest BCUT2D eigenvalue weighted by molar-refractivity contribution is 5.87. The Morgan fingerprint density at radius 3 is 2.45 bits per heavy atom. The number of carbonyl (C=O) groups excluding carboxylic acids is 1. The molecule has 162 valence electrons. The fourth-order valence-electron chi connectivity index (χ4n) is 4.03. The topological polar surface area (TPSA) is 96.5 Å². The highest BCUT2D eigenvalue weighted by Gasteiger charge is 2.20. The average molecular weight is 422 g/mol. The second-order valence-electron chi connectivity index (χ2n) is 7.65. The summed E-state index contributed by atoms with van der Waals surface area (Å²) >= 11 is 0. The van der Waals surface area contributed by atoms with Gasteiger partial charge in [-0.25, -0.2) is 4.98 Å². The Morgan fingerprint density at radius 2 is 1.84 bits per heavy atom. The van der Waals surface area contributed by atoms with Gasteiger partial charge in [-0.1, -0.05) is 0 Å². The van der Waals surface area contributed by atoms with E-state index in [0.717, 1.165) is 37.2 Å². The summed E-state index contributed by atoms with van der Waals surface area (Å²) in [6.07, 6.45) is 1.84. The average Bonchev–Trinajstić information content (AvgIpc) is 2.78. The van der Waals surface area contributed by atoms with E-state index < -0.39 is 0 Å². The van der Waals surface area contributed by atoms with Gasteiger partial charge in [-0.15, -0.1) is 0 Å². The summed E-state index contributed by atoms with van der Waals surface area (Å²) in [5.74, 6) is 1.51. The molecule has 8 heteroatoms. The van der Waals surface area contributed by atoms with E-state index in [0.29, 0.717) is 28.2 Å². The van der Waals surface area contributed by atoms with E-state index in [2.05, 4.69) is 20.2 Å². The first-order valence-corrected chi connectivity index (χ1v) is 10.3. The summed E-state index contributed by atoms with van der Waals surface area (Å²) in [4.78, 5) is 33.8. The van der Waals surface area contributed by atoms with Gasteiger partial charge in [0.1, 0.15) is 22.7 Å². The molecule has 1 saturated heterocycles. The minimum absolute atomic E-state index is 0.0231. The fourth-order valence-corrected chi connectivity index (χ4v) is 4.03. The molecule has 2 N–H and O–H groups in total. The van der Waals surface area contributed by atoms with Crippen LogP contribution in [-0.4, -0.2) is 49.2 Å². The lowest BCUT2D eigenvalue weighted by Crippen LogP contribution is -2.44. The second-order valence-corrected chi connectivity index (χ2v) is 7.65. The zero-order chi connectivity index (χ0) is 22.0. The molecule has 0 aliphatic carbocycles. The van der Waals surface area contributed by atoms with Crippen LogP contribution in [0.25, 0.3) is 22.3 Å². The first-order chi connectivity index (χ1) is 15.0. The minimum Gasteiger partial charge on any atom is -0.497 e. The molecule has 1 aliphatic rings. The van der Waals surface area contributed by atoms with Crippen LogP contribution in [0.5, 0.6) is 11.5 Å². The molecule has 0 saturated carbocycles. The number of benzene rings is 2. The number of hydrogen-bond donors (Lipinski definition) is 2. The number of amides is 1. The van der Waals surface area contributed by atoms with E-state index in [1.165, 1.54) is 7.11 Å². The van der Waals surface area contributed by atoms with Crippen molar-refractivity contribution in [2.45, 2.75) is 25.8 Å². The van der Waals surface area contributed by atoms with Crippen LogP contribution >= 0.6 is 0 Å². The third-order valence-electron chi connectivity index (χ3n) is 5.61. The summed E-state index contributed by atoms with van der Waals surface area (Å²) in [6, 6.07) is 11.6. The molecule has 1 aromatic heterocycles. The smallest absolute Gasteiger partial charge is 0.262 e. The molecule has 0 bridgehead atoms. The predicted molar refractivity (Wildman–Crippen MR) is 120 cm³/mol. The Hall–Kier alpha value is -3.55. The van der Waals surface area contributed by atoms with Crippen molar-refractivity contribution in [2.24, 2.45) is 0 Å². The van der Waals surface area contributed by atoms with Crippen LogP contribution < -0.4 is 25.2 Å². The van der Waals surface area contributed by atoms with Crippen molar-refractivity contribution in [1.29, 1.82) is 0 Å². The van der Waals surface area contributed by atoms with E-state index >= 15 is 0 Å². The molecule has 0 radical (unpaired) electrons. The summed E-state index contributed by atoms with van der Waals surface area (Å²) < 4.78 is 10.6. The fraction of sp³-hybridized carbons (Fsp3) is 0.348. The molecule has 3 aromatic rings. The quantitative estimate of drug-likeness (QED) is 0.656. The SMILES string of the molecule is COc1cc(OC)c2c(=O)[nH]c(-c3ccc(N4CCC(NC(C)=O)CC4)cc3)nc2c1. The molecular weight excluding hydrogens is 396 g/mol. The van der Waals surface area contributed by atoms with Crippen molar-refractivity contribution in [3.8, 4) is 22.9 Å². The van der Waals surface area contributed by atoms with Gasteiger partial charge in [0.15, 0.2) is 0 Å². The van der Waals surface area contributed by atoms with E-state index in [-0.39, 0.29) is 17.5 Å². The Morgan fingerprint density at radius 1 is 1.13 bits per heavy atom. The van der Waals surface area contributed by atoms with Crippen LogP contribution in [0.1, 0.15) is 19.8 Å². The maximum atomic E-state index is 12.7. The number of ether oxygens (including phenoxy) is 2. The molecule has 2 aromatic carbocycles. The molecule has 0 atom stereocenters. The number of aromatic nitrogens is 2. The Labute approximate surface area is 180 Å². The number of rotatable bonds is 5. The maximum absolute atomic E-state index is 12.7. The number of piperidine rings is 1. The Kier molecular flexibility index (Phi) is 5.79. The summed E-state index contributed by atoms with van der Waals surface area (Å²) in [6.45, 7) is 3.33. The maximum Gasteiger partial charge on any atom is 0.262 e. The van der Waals surface area contributed by atoms with Gasteiger partial charge in [0.2, 0.25) is 5.91 Å². The molecular formula is C23H26N4O4. The molecule has 2 heterocycles. The first kappa shape index (κ1) is 20.7. The van der Waals surface area contributed by atoms with Crippen molar-refractivity contribution < 1.29 is 14.3 Å². The van der Waals surface area contributed by atoms with Gasteiger partial charge in [-0.2, -0.15) is 0 Å². The number of anilines is 1. The molecule has 0 unspecified atom stereocenters. The monoisotopic (exact) mass is 422 g/mol. The molecule has 1 aliphatic heterocycles.